The number of carbonyl (C=O) groups is 1. The van der Waals surface area contributed by atoms with Crippen LogP contribution in [0.15, 0.2) is 48.5 Å². The number of carbonyl (C=O) groups excluding carboxylic acids is 1. The first-order valence-electron chi connectivity index (χ1n) is 11.9. The highest BCUT2D eigenvalue weighted by Crippen LogP contribution is 2.40. The second-order valence-electron chi connectivity index (χ2n) is 7.81. The molecule has 0 saturated carbocycles. The van der Waals surface area contributed by atoms with Gasteiger partial charge in [0, 0.05) is 11.1 Å². The van der Waals surface area contributed by atoms with Crippen LogP contribution >= 0.6 is 46.8 Å². The summed E-state index contributed by atoms with van der Waals surface area (Å²) in [6.07, 6.45) is 0. The zero-order chi connectivity index (χ0) is 27.2. The fourth-order valence-electron chi connectivity index (χ4n) is 3.64. The quantitative estimate of drug-likeness (QED) is 0.194. The van der Waals surface area contributed by atoms with E-state index in [1.54, 1.807) is 24.3 Å². The zero-order valence-electron chi connectivity index (χ0n) is 20.9. The van der Waals surface area contributed by atoms with Gasteiger partial charge in [0.25, 0.3) is 5.91 Å². The number of nitrogens with one attached hydrogen (secondary N) is 2. The fraction of sp³-hybridized carbons (Fsp3) is 0.222. The molecule has 0 fully saturated rings. The molecule has 0 atom stereocenters. The molecule has 0 spiro atoms. The number of nitrogens with zero attached hydrogens (tertiary/aromatic N) is 1. The smallest absolute Gasteiger partial charge is 0.257 e. The van der Waals surface area contributed by atoms with Crippen LogP contribution in [0.2, 0.25) is 10.0 Å². The first-order chi connectivity index (χ1) is 18.3. The molecule has 198 valence electrons. The lowest BCUT2D eigenvalue weighted by Gasteiger charge is -2.17. The monoisotopic (exact) mass is 589 g/mol. The van der Waals surface area contributed by atoms with E-state index in [-0.39, 0.29) is 5.11 Å². The number of hydrogen-bond acceptors (Lipinski definition) is 7. The molecule has 38 heavy (non-hydrogen) atoms. The Labute approximate surface area is 240 Å². The Morgan fingerprint density at radius 1 is 0.947 bits per heavy atom. The van der Waals surface area contributed by atoms with Crippen LogP contribution in [0.5, 0.6) is 17.2 Å². The molecule has 3 aromatic carbocycles. The number of para-hydroxylation sites is 1. The Kier molecular flexibility index (Phi) is 9.27. The Morgan fingerprint density at radius 2 is 1.61 bits per heavy atom. The molecule has 0 bridgehead atoms. The van der Waals surface area contributed by atoms with Gasteiger partial charge < -0.3 is 19.5 Å². The van der Waals surface area contributed by atoms with Crippen molar-refractivity contribution in [1.82, 2.24) is 10.3 Å². The van der Waals surface area contributed by atoms with Crippen molar-refractivity contribution < 1.29 is 19.0 Å². The Bertz CT molecular complexity index is 1430. The van der Waals surface area contributed by atoms with Gasteiger partial charge in [0.15, 0.2) is 16.6 Å². The molecule has 0 aliphatic carbocycles. The Hall–Kier alpha value is -3.11. The van der Waals surface area contributed by atoms with E-state index in [4.69, 9.17) is 49.6 Å². The molecule has 1 heterocycles. The van der Waals surface area contributed by atoms with Crippen molar-refractivity contribution in [3.8, 4) is 27.8 Å². The lowest BCUT2D eigenvalue weighted by Crippen LogP contribution is -2.34. The molecule has 4 rings (SSSR count). The Balaban J connectivity index is 1.56. The Morgan fingerprint density at radius 3 is 2.24 bits per heavy atom. The highest BCUT2D eigenvalue weighted by atomic mass is 35.5. The molecule has 1 aromatic heterocycles. The van der Waals surface area contributed by atoms with Crippen LogP contribution in [-0.2, 0) is 0 Å². The molecule has 0 unspecified atom stereocenters. The summed E-state index contributed by atoms with van der Waals surface area (Å²) in [7, 11) is 0. The second-order valence-corrected chi connectivity index (χ2v) is 10.1. The number of ether oxygens (including phenoxy) is 3. The summed E-state index contributed by atoms with van der Waals surface area (Å²) in [5.41, 5.74) is 2.35. The zero-order valence-corrected chi connectivity index (χ0v) is 24.0. The van der Waals surface area contributed by atoms with Gasteiger partial charge >= 0.3 is 0 Å². The van der Waals surface area contributed by atoms with Gasteiger partial charge in [0.2, 0.25) is 5.75 Å². The van der Waals surface area contributed by atoms with Gasteiger partial charge in [-0.3, -0.25) is 10.1 Å². The number of thiocarbonyl (C=S) groups is 1. The average molecular weight is 591 g/mol. The maximum absolute atomic E-state index is 13.1. The third kappa shape index (κ3) is 6.30. The lowest BCUT2D eigenvalue weighted by atomic mass is 10.1. The molecule has 7 nitrogen and oxygen atoms in total. The number of benzene rings is 3. The summed E-state index contributed by atoms with van der Waals surface area (Å²) < 4.78 is 18.2. The molecule has 0 aliphatic rings. The van der Waals surface area contributed by atoms with Gasteiger partial charge in [-0.25, -0.2) is 4.98 Å². The van der Waals surface area contributed by atoms with Gasteiger partial charge in [-0.15, -0.1) is 11.3 Å². The van der Waals surface area contributed by atoms with Crippen LogP contribution in [0.4, 0.5) is 5.69 Å². The van der Waals surface area contributed by atoms with Crippen LogP contribution in [-0.4, -0.2) is 35.8 Å². The average Bonchev–Trinajstić information content (AvgIpc) is 3.31. The summed E-state index contributed by atoms with van der Waals surface area (Å²) in [5.74, 6) is 0.809. The third-order valence-electron chi connectivity index (χ3n) is 5.23. The molecule has 11 heteroatoms. The number of anilines is 1. The molecular formula is C27H25Cl2N3O4S2. The topological polar surface area (TPSA) is 81.7 Å². The molecule has 2 N–H and O–H groups in total. The summed E-state index contributed by atoms with van der Waals surface area (Å²) in [6.45, 7) is 6.76. The van der Waals surface area contributed by atoms with Crippen molar-refractivity contribution in [3.05, 3.63) is 64.1 Å². The number of aromatic nitrogens is 1. The minimum atomic E-state index is -0.455. The maximum atomic E-state index is 13.1. The third-order valence-corrected chi connectivity index (χ3v) is 7.13. The van der Waals surface area contributed by atoms with E-state index in [9.17, 15) is 4.79 Å². The van der Waals surface area contributed by atoms with E-state index >= 15 is 0 Å². The second kappa shape index (κ2) is 12.6. The van der Waals surface area contributed by atoms with E-state index in [0.29, 0.717) is 63.9 Å². The fourth-order valence-corrected chi connectivity index (χ4v) is 5.42. The predicted molar refractivity (Wildman–Crippen MR) is 159 cm³/mol. The van der Waals surface area contributed by atoms with Crippen LogP contribution in [0.1, 0.15) is 31.1 Å². The molecule has 0 radical (unpaired) electrons. The molecule has 0 saturated heterocycles. The highest BCUT2D eigenvalue weighted by Gasteiger charge is 2.20. The lowest BCUT2D eigenvalue weighted by molar-refractivity contribution is 0.0976. The number of fused-ring (bicyclic) bond motifs is 1. The summed E-state index contributed by atoms with van der Waals surface area (Å²) in [4.78, 5) is 17.8. The van der Waals surface area contributed by atoms with Crippen molar-refractivity contribution in [3.63, 3.8) is 0 Å². The van der Waals surface area contributed by atoms with Crippen LogP contribution in [0, 0.1) is 0 Å². The van der Waals surface area contributed by atoms with Gasteiger partial charge in [0.1, 0.15) is 5.01 Å². The van der Waals surface area contributed by atoms with Crippen molar-refractivity contribution in [2.24, 2.45) is 0 Å². The minimum absolute atomic E-state index is 0.0549. The number of amides is 1. The van der Waals surface area contributed by atoms with Crippen LogP contribution in [0.3, 0.4) is 0 Å². The summed E-state index contributed by atoms with van der Waals surface area (Å²) >= 11 is 19.9. The minimum Gasteiger partial charge on any atom is -0.490 e. The number of thiazole rings is 1. The van der Waals surface area contributed by atoms with Crippen molar-refractivity contribution in [2.45, 2.75) is 20.8 Å². The van der Waals surface area contributed by atoms with Crippen molar-refractivity contribution in [2.75, 3.05) is 25.1 Å². The number of rotatable bonds is 9. The van der Waals surface area contributed by atoms with Crippen LogP contribution in [0.25, 0.3) is 20.8 Å². The number of hydrogen-bond donors (Lipinski definition) is 2. The van der Waals surface area contributed by atoms with E-state index in [2.05, 4.69) is 15.6 Å². The van der Waals surface area contributed by atoms with Crippen molar-refractivity contribution >= 4 is 73.7 Å². The van der Waals surface area contributed by atoms with Crippen molar-refractivity contribution in [1.29, 1.82) is 0 Å². The molecule has 0 aliphatic heterocycles. The van der Waals surface area contributed by atoms with E-state index in [0.717, 1.165) is 15.2 Å². The van der Waals surface area contributed by atoms with Gasteiger partial charge in [-0.1, -0.05) is 35.3 Å². The standard InChI is InChI=1S/C27H25Cl2N3O4S2/c1-4-34-21-11-15(12-22(35-5-2)24(21)36-6-3)25(33)32-27(37)31-20-13-16(17(28)14-18(20)29)26-30-19-9-7-8-10-23(19)38-26/h7-14H,4-6H2,1-3H3,(H2,31,32,33,37). The summed E-state index contributed by atoms with van der Waals surface area (Å²) in [5, 5.41) is 7.27. The highest BCUT2D eigenvalue weighted by molar-refractivity contribution is 7.80. The first-order valence-corrected chi connectivity index (χ1v) is 13.9. The molecule has 4 aromatic rings. The maximum Gasteiger partial charge on any atom is 0.257 e. The molecular weight excluding hydrogens is 565 g/mol. The molecule has 1 amide bonds. The van der Waals surface area contributed by atoms with Gasteiger partial charge in [0.05, 0.1) is 45.8 Å². The van der Waals surface area contributed by atoms with E-state index in [1.807, 2.05) is 45.0 Å². The van der Waals surface area contributed by atoms with Gasteiger partial charge in [-0.05, 0) is 69.4 Å². The summed E-state index contributed by atoms with van der Waals surface area (Å²) in [6, 6.07) is 14.4. The first kappa shape index (κ1) is 27.9. The SMILES string of the molecule is CCOc1cc(C(=O)NC(=S)Nc2cc(-c3nc4ccccc4s3)c(Cl)cc2Cl)cc(OCC)c1OCC. The largest absolute Gasteiger partial charge is 0.490 e. The number of halogens is 2. The normalized spacial score (nSPS) is 10.8. The predicted octanol–water partition coefficient (Wildman–Crippen LogP) is 7.59. The van der Waals surface area contributed by atoms with E-state index < -0.39 is 5.91 Å². The van der Waals surface area contributed by atoms with E-state index in [1.165, 1.54) is 11.3 Å². The van der Waals surface area contributed by atoms with Crippen LogP contribution < -0.4 is 24.8 Å². The van der Waals surface area contributed by atoms with Gasteiger partial charge in [-0.2, -0.15) is 0 Å².